The Balaban J connectivity index is 1.84. The standard InChI is InChI=1S/C13H14BFN2O4S2/c15-8-2-1-6-3-9(23-13-17-5-7(4-16)22-13)14(20)21-11(6)10(8)12(18)19/h1-2,5,9,12,18-20H,3-4,16H2/t9-/m0/s1. The number of nitrogens with two attached hydrogens (primary N) is 1. The normalized spacial score (nSPS) is 17.3. The zero-order chi connectivity index (χ0) is 16.6. The Bertz CT molecular complexity index is 715. The van der Waals surface area contributed by atoms with E-state index in [9.17, 15) is 19.6 Å². The average molecular weight is 356 g/mol. The van der Waals surface area contributed by atoms with Gasteiger partial charge in [0.05, 0.1) is 10.7 Å². The Kier molecular flexibility index (Phi) is 4.90. The summed E-state index contributed by atoms with van der Waals surface area (Å²) in [4.78, 5) is 5.16. The largest absolute Gasteiger partial charge is 0.537 e. The number of thiazole rings is 1. The van der Waals surface area contributed by atoms with Crippen molar-refractivity contribution in [2.45, 2.75) is 28.7 Å². The third kappa shape index (κ3) is 3.37. The molecule has 0 spiro atoms. The van der Waals surface area contributed by atoms with Crippen LogP contribution in [0.1, 0.15) is 22.3 Å². The zero-order valence-corrected chi connectivity index (χ0v) is 13.5. The van der Waals surface area contributed by atoms with Gasteiger partial charge in [0.2, 0.25) is 0 Å². The maximum absolute atomic E-state index is 13.7. The highest BCUT2D eigenvalue weighted by Gasteiger charge is 2.38. The van der Waals surface area contributed by atoms with Gasteiger partial charge in [-0.25, -0.2) is 9.37 Å². The zero-order valence-electron chi connectivity index (χ0n) is 11.8. The molecular formula is C13H14BFN2O4S2. The minimum Gasteiger partial charge on any atom is -0.535 e. The van der Waals surface area contributed by atoms with Crippen LogP contribution in [0, 0.1) is 5.82 Å². The van der Waals surface area contributed by atoms with Gasteiger partial charge in [-0.05, 0) is 18.1 Å². The molecule has 0 saturated carbocycles. The van der Waals surface area contributed by atoms with Crippen molar-refractivity contribution in [2.75, 3.05) is 0 Å². The quantitative estimate of drug-likeness (QED) is 0.475. The van der Waals surface area contributed by atoms with E-state index in [0.29, 0.717) is 18.5 Å². The van der Waals surface area contributed by atoms with E-state index in [-0.39, 0.29) is 16.5 Å². The second-order valence-electron chi connectivity index (χ2n) is 4.99. The van der Waals surface area contributed by atoms with Crippen molar-refractivity contribution in [3.05, 3.63) is 40.2 Å². The molecule has 1 aliphatic heterocycles. The van der Waals surface area contributed by atoms with Crippen LogP contribution in [0.25, 0.3) is 0 Å². The van der Waals surface area contributed by atoms with E-state index in [2.05, 4.69) is 4.98 Å². The van der Waals surface area contributed by atoms with E-state index in [4.69, 9.17) is 10.4 Å². The number of rotatable bonds is 4. The summed E-state index contributed by atoms with van der Waals surface area (Å²) in [6, 6.07) is 2.68. The smallest absolute Gasteiger partial charge is 0.535 e. The fraction of sp³-hybridized carbons (Fsp3) is 0.308. The highest BCUT2D eigenvalue weighted by Crippen LogP contribution is 2.39. The third-order valence-corrected chi connectivity index (χ3v) is 5.81. The van der Waals surface area contributed by atoms with Gasteiger partial charge >= 0.3 is 7.12 Å². The van der Waals surface area contributed by atoms with Gasteiger partial charge in [0.25, 0.3) is 0 Å². The fourth-order valence-electron chi connectivity index (χ4n) is 2.34. The molecule has 1 aromatic carbocycles. The van der Waals surface area contributed by atoms with Gasteiger partial charge in [0, 0.05) is 17.6 Å². The van der Waals surface area contributed by atoms with E-state index < -0.39 is 19.2 Å². The van der Waals surface area contributed by atoms with Gasteiger partial charge in [0.1, 0.15) is 15.9 Å². The summed E-state index contributed by atoms with van der Waals surface area (Å²) in [7, 11) is -1.21. The van der Waals surface area contributed by atoms with Gasteiger partial charge in [-0.3, -0.25) is 0 Å². The lowest BCUT2D eigenvalue weighted by atomic mass is 9.77. The minimum atomic E-state index is -2.01. The molecule has 10 heteroatoms. The van der Waals surface area contributed by atoms with Gasteiger partial charge in [-0.2, -0.15) is 0 Å². The van der Waals surface area contributed by atoms with Crippen molar-refractivity contribution < 1.29 is 24.3 Å². The van der Waals surface area contributed by atoms with Gasteiger partial charge in [-0.15, -0.1) is 11.3 Å². The fourth-order valence-corrected chi connectivity index (χ4v) is 4.55. The first kappa shape index (κ1) is 16.7. The number of hydrogen-bond donors (Lipinski definition) is 4. The molecule has 0 bridgehead atoms. The van der Waals surface area contributed by atoms with Gasteiger partial charge < -0.3 is 25.6 Å². The number of aliphatic hydroxyl groups excluding tert-OH is 1. The summed E-state index contributed by atoms with van der Waals surface area (Å²) in [6.45, 7) is 0.405. The van der Waals surface area contributed by atoms with Crippen molar-refractivity contribution >= 4 is 30.2 Å². The molecule has 3 rings (SSSR count). The van der Waals surface area contributed by atoms with E-state index in [1.54, 1.807) is 6.20 Å². The lowest BCUT2D eigenvalue weighted by molar-refractivity contribution is -0.0461. The summed E-state index contributed by atoms with van der Waals surface area (Å²) < 4.78 is 19.8. The molecular weight excluding hydrogens is 342 g/mol. The Morgan fingerprint density at radius 3 is 2.96 bits per heavy atom. The molecule has 23 heavy (non-hydrogen) atoms. The van der Waals surface area contributed by atoms with Crippen LogP contribution in [-0.4, -0.2) is 32.5 Å². The molecule has 2 heterocycles. The second-order valence-corrected chi connectivity index (χ2v) is 7.59. The highest BCUT2D eigenvalue weighted by molar-refractivity contribution is 8.02. The number of aromatic nitrogens is 1. The SMILES string of the molecule is NCc1cnc(S[C@H]2Cc3ccc(F)c(C(O)O)c3OB2O)s1. The molecule has 0 aliphatic carbocycles. The predicted molar refractivity (Wildman–Crippen MR) is 85.5 cm³/mol. The number of hydrogen-bond acceptors (Lipinski definition) is 8. The van der Waals surface area contributed by atoms with Crippen molar-refractivity contribution in [1.29, 1.82) is 0 Å². The number of benzene rings is 1. The summed E-state index contributed by atoms with van der Waals surface area (Å²) >= 11 is 2.79. The van der Waals surface area contributed by atoms with Crippen LogP contribution in [0.4, 0.5) is 4.39 Å². The summed E-state index contributed by atoms with van der Waals surface area (Å²) in [6.07, 6.45) is 0.0677. The van der Waals surface area contributed by atoms with Crippen molar-refractivity contribution in [3.63, 3.8) is 0 Å². The van der Waals surface area contributed by atoms with Crippen LogP contribution in [0.15, 0.2) is 22.7 Å². The van der Waals surface area contributed by atoms with Gasteiger partial charge in [0.15, 0.2) is 6.29 Å². The van der Waals surface area contributed by atoms with E-state index in [1.165, 1.54) is 29.2 Å². The molecule has 0 unspecified atom stereocenters. The Morgan fingerprint density at radius 1 is 1.52 bits per heavy atom. The van der Waals surface area contributed by atoms with E-state index >= 15 is 0 Å². The molecule has 1 aromatic heterocycles. The average Bonchev–Trinajstić information content (AvgIpc) is 2.95. The lowest BCUT2D eigenvalue weighted by Gasteiger charge is -2.28. The second kappa shape index (κ2) is 6.75. The molecule has 122 valence electrons. The lowest BCUT2D eigenvalue weighted by Crippen LogP contribution is -2.40. The molecule has 0 fully saturated rings. The highest BCUT2D eigenvalue weighted by atomic mass is 32.2. The third-order valence-electron chi connectivity index (χ3n) is 3.45. The molecule has 1 atom stereocenters. The molecule has 0 radical (unpaired) electrons. The number of halogens is 1. The molecule has 6 nitrogen and oxygen atoms in total. The number of fused-ring (bicyclic) bond motifs is 1. The van der Waals surface area contributed by atoms with E-state index in [0.717, 1.165) is 15.3 Å². The molecule has 0 amide bonds. The number of nitrogens with zero attached hydrogens (tertiary/aromatic N) is 1. The number of aliphatic hydroxyl groups is 2. The number of thioether (sulfide) groups is 1. The minimum absolute atomic E-state index is 0.00821. The maximum Gasteiger partial charge on any atom is 0.537 e. The van der Waals surface area contributed by atoms with Crippen molar-refractivity contribution in [1.82, 2.24) is 4.98 Å². The summed E-state index contributed by atoms with van der Waals surface area (Å²) in [5, 5.41) is 28.4. The van der Waals surface area contributed by atoms with Crippen LogP contribution in [0.2, 0.25) is 0 Å². The van der Waals surface area contributed by atoms with Crippen LogP contribution in [-0.2, 0) is 13.0 Å². The van der Waals surface area contributed by atoms with Crippen molar-refractivity contribution in [2.24, 2.45) is 5.73 Å². The van der Waals surface area contributed by atoms with Crippen LogP contribution >= 0.6 is 23.1 Å². The Labute approximate surface area is 140 Å². The monoisotopic (exact) mass is 356 g/mol. The molecule has 5 N–H and O–H groups in total. The molecule has 1 aliphatic rings. The molecule has 0 saturated heterocycles. The molecule has 2 aromatic rings. The van der Waals surface area contributed by atoms with E-state index in [1.807, 2.05) is 0 Å². The van der Waals surface area contributed by atoms with Crippen LogP contribution in [0.5, 0.6) is 5.75 Å². The van der Waals surface area contributed by atoms with Crippen LogP contribution < -0.4 is 10.4 Å². The maximum atomic E-state index is 13.7. The predicted octanol–water partition coefficient (Wildman–Crippen LogP) is 0.840. The summed E-state index contributed by atoms with van der Waals surface area (Å²) in [5.41, 5.74) is 5.80. The van der Waals surface area contributed by atoms with Crippen LogP contribution in [0.3, 0.4) is 0 Å². The first-order valence-corrected chi connectivity index (χ1v) is 8.52. The first-order chi connectivity index (χ1) is 11.0. The van der Waals surface area contributed by atoms with Crippen molar-refractivity contribution in [3.8, 4) is 5.75 Å². The Morgan fingerprint density at radius 2 is 2.30 bits per heavy atom. The van der Waals surface area contributed by atoms with Gasteiger partial charge in [-0.1, -0.05) is 17.8 Å². The summed E-state index contributed by atoms with van der Waals surface area (Å²) in [5.74, 6) is -0.796. The first-order valence-electron chi connectivity index (χ1n) is 6.83. The topological polar surface area (TPSA) is 109 Å². The Hall–Kier alpha value is -1.17.